The highest BCUT2D eigenvalue weighted by molar-refractivity contribution is 8.19. The van der Waals surface area contributed by atoms with Crippen LogP contribution in [0.1, 0.15) is 81.7 Å². The number of alkyl carbamates (subject to hydrolysis) is 1. The van der Waals surface area contributed by atoms with Gasteiger partial charge in [-0.25, -0.2) is 19.2 Å². The normalized spacial score (nSPS) is 24.2. The number of pyridine rings is 2. The van der Waals surface area contributed by atoms with Crippen LogP contribution in [0.4, 0.5) is 15.0 Å². The molecule has 3 atom stereocenters. The fourth-order valence-corrected chi connectivity index (χ4v) is 8.18. The van der Waals surface area contributed by atoms with E-state index in [1.54, 1.807) is 40.7 Å². The lowest BCUT2D eigenvalue weighted by molar-refractivity contribution is 0.0560. The lowest BCUT2D eigenvalue weighted by Crippen LogP contribution is -2.70. The number of amides is 2. The number of nitrogens with two attached hydrogens (primary N) is 1. The van der Waals surface area contributed by atoms with Crippen molar-refractivity contribution in [2.75, 3.05) is 11.9 Å². The van der Waals surface area contributed by atoms with Crippen LogP contribution in [0, 0.1) is 24.1 Å². The first-order valence-corrected chi connectivity index (χ1v) is 14.9. The van der Waals surface area contributed by atoms with E-state index in [2.05, 4.69) is 25.9 Å². The third-order valence-electron chi connectivity index (χ3n) is 7.35. The van der Waals surface area contributed by atoms with Crippen LogP contribution in [0.2, 0.25) is 0 Å². The van der Waals surface area contributed by atoms with Crippen LogP contribution in [-0.4, -0.2) is 55.1 Å². The number of fused-ring (bicyclic) bond motifs is 1. The number of anilines is 1. The molecule has 42 heavy (non-hydrogen) atoms. The second-order valence-electron chi connectivity index (χ2n) is 12.0. The van der Waals surface area contributed by atoms with Gasteiger partial charge in [-0.15, -0.1) is 10.5 Å². The Morgan fingerprint density at radius 1 is 1.24 bits per heavy atom. The number of carbonyl (C=O) groups is 2. The number of aromatic nitrogens is 2. The van der Waals surface area contributed by atoms with Crippen LogP contribution < -0.4 is 21.7 Å². The Hall–Kier alpha value is -3.73. The van der Waals surface area contributed by atoms with Gasteiger partial charge in [0.25, 0.3) is 5.91 Å². The summed E-state index contributed by atoms with van der Waals surface area (Å²) < 4.78 is 20.6. The second kappa shape index (κ2) is 11.2. The Morgan fingerprint density at radius 2 is 1.95 bits per heavy atom. The van der Waals surface area contributed by atoms with Gasteiger partial charge < -0.3 is 15.8 Å². The van der Waals surface area contributed by atoms with E-state index in [0.717, 1.165) is 0 Å². The van der Waals surface area contributed by atoms with Crippen molar-refractivity contribution >= 4 is 39.6 Å². The molecule has 224 valence electrons. The fourth-order valence-electron chi connectivity index (χ4n) is 5.25. The monoisotopic (exact) mass is 596 g/mol. The van der Waals surface area contributed by atoms with Gasteiger partial charge in [-0.3, -0.25) is 20.4 Å². The summed E-state index contributed by atoms with van der Waals surface area (Å²) in [6, 6.07) is 6.15. The summed E-state index contributed by atoms with van der Waals surface area (Å²) in [6.45, 7) is 13.1. The van der Waals surface area contributed by atoms with Gasteiger partial charge in [-0.2, -0.15) is 5.26 Å². The van der Waals surface area contributed by atoms with Gasteiger partial charge in [0.05, 0.1) is 15.2 Å². The number of aliphatic imine (C=N–C) groups is 1. The van der Waals surface area contributed by atoms with E-state index in [0.29, 0.717) is 36.3 Å². The summed E-state index contributed by atoms with van der Waals surface area (Å²) in [5.41, 5.74) is 6.79. The number of rotatable bonds is 6. The number of carbonyl (C=O) groups excluding carboxylic acids is 2. The van der Waals surface area contributed by atoms with E-state index >= 15 is 4.39 Å². The van der Waals surface area contributed by atoms with E-state index in [4.69, 9.17) is 20.7 Å². The molecule has 2 aliphatic rings. The molecule has 0 spiro atoms. The number of hydrogen-bond donors (Lipinski definition) is 4. The topological polar surface area (TPSA) is 167 Å². The SMILES string of the molecule is Cc1cc(C#N)cnc1C(=O)Nc1ccc(F)c([C@@]2(C)N=C(NC(=O)OC(C)(C)C)C(C)(C)S3=CN[C@]32CCCN)n1. The number of halogens is 1. The Labute approximate surface area is 247 Å². The molecule has 2 aromatic heterocycles. The highest BCUT2D eigenvalue weighted by atomic mass is 32.2. The summed E-state index contributed by atoms with van der Waals surface area (Å²) in [5, 5.41) is 18.1. The van der Waals surface area contributed by atoms with E-state index in [1.165, 1.54) is 18.3 Å². The molecular weight excluding hydrogens is 559 g/mol. The minimum Gasteiger partial charge on any atom is -0.444 e. The lowest BCUT2D eigenvalue weighted by atomic mass is 9.83. The number of ether oxygens (including phenoxy) is 1. The summed E-state index contributed by atoms with van der Waals surface area (Å²) in [7, 11) is -0.549. The zero-order chi connectivity index (χ0) is 31.1. The number of aryl methyl sites for hydroxylation is 1. The van der Waals surface area contributed by atoms with E-state index in [1.807, 2.05) is 25.4 Å². The third kappa shape index (κ3) is 5.54. The van der Waals surface area contributed by atoms with Crippen LogP contribution in [0.3, 0.4) is 0 Å². The lowest BCUT2D eigenvalue weighted by Gasteiger charge is -2.60. The first kappa shape index (κ1) is 31.2. The molecular formula is C29H37FN8O3S. The predicted octanol–water partition coefficient (Wildman–Crippen LogP) is 4.05. The first-order valence-electron chi connectivity index (χ1n) is 13.6. The van der Waals surface area contributed by atoms with Crippen LogP contribution in [0.25, 0.3) is 0 Å². The van der Waals surface area contributed by atoms with Gasteiger partial charge in [0.2, 0.25) is 0 Å². The van der Waals surface area contributed by atoms with Crippen LogP contribution in [0.5, 0.6) is 0 Å². The molecule has 4 heterocycles. The van der Waals surface area contributed by atoms with Gasteiger partial charge in [0, 0.05) is 11.7 Å². The predicted molar refractivity (Wildman–Crippen MR) is 162 cm³/mol. The summed E-state index contributed by atoms with van der Waals surface area (Å²) in [4.78, 5) is 38.9. The molecule has 0 radical (unpaired) electrons. The molecule has 0 saturated carbocycles. The van der Waals surface area contributed by atoms with Gasteiger partial charge in [0.15, 0.2) is 0 Å². The number of nitrogens with one attached hydrogen (secondary N) is 3. The van der Waals surface area contributed by atoms with Crippen molar-refractivity contribution in [3.8, 4) is 6.07 Å². The molecule has 11 nitrogen and oxygen atoms in total. The average molecular weight is 597 g/mol. The Bertz CT molecular complexity index is 1540. The molecule has 0 aliphatic carbocycles. The van der Waals surface area contributed by atoms with Crippen molar-refractivity contribution < 1.29 is 18.7 Å². The largest absolute Gasteiger partial charge is 0.444 e. The van der Waals surface area contributed by atoms with Crippen molar-refractivity contribution in [1.29, 1.82) is 5.26 Å². The minimum absolute atomic E-state index is 0.00100. The minimum atomic E-state index is -1.31. The zero-order valence-electron chi connectivity index (χ0n) is 24.9. The van der Waals surface area contributed by atoms with E-state index in [9.17, 15) is 9.59 Å². The molecule has 4 rings (SSSR count). The molecule has 0 bridgehead atoms. The van der Waals surface area contributed by atoms with Crippen molar-refractivity contribution in [2.45, 2.75) is 82.1 Å². The van der Waals surface area contributed by atoms with E-state index in [-0.39, 0.29) is 17.2 Å². The number of nitrogens with zero attached hydrogens (tertiary/aromatic N) is 4. The molecule has 2 amide bonds. The maximum atomic E-state index is 15.8. The molecule has 5 N–H and O–H groups in total. The van der Waals surface area contributed by atoms with E-state index < -0.39 is 49.1 Å². The molecule has 2 aliphatic heterocycles. The van der Waals surface area contributed by atoms with Gasteiger partial charge in [-0.1, -0.05) is 0 Å². The van der Waals surface area contributed by atoms with Crippen LogP contribution in [-0.2, 0) is 10.3 Å². The summed E-state index contributed by atoms with van der Waals surface area (Å²) >= 11 is 0. The number of nitriles is 1. The fraction of sp³-hybridized carbons (Fsp3) is 0.483. The average Bonchev–Trinajstić information content (AvgIpc) is 2.86. The molecule has 1 unspecified atom stereocenters. The molecule has 0 aromatic carbocycles. The molecule has 0 fully saturated rings. The quantitative estimate of drug-likeness (QED) is 0.362. The maximum Gasteiger partial charge on any atom is 0.413 e. The Balaban J connectivity index is 1.80. The summed E-state index contributed by atoms with van der Waals surface area (Å²) in [5.74, 6) is -0.730. The summed E-state index contributed by atoms with van der Waals surface area (Å²) in [6.07, 6.45) is 1.86. The van der Waals surface area contributed by atoms with Gasteiger partial charge in [0.1, 0.15) is 46.1 Å². The number of hydrogen-bond acceptors (Lipinski definition) is 9. The Morgan fingerprint density at radius 3 is 2.52 bits per heavy atom. The first-order chi connectivity index (χ1) is 19.6. The Kier molecular flexibility index (Phi) is 8.30. The standard InChI is InChI=1S/C29H37FN8O3S/c1-17-13-18(14-32)15-33-21(17)23(39)36-20-10-9-19(30)22(35-20)28(7)29(11-8-12-31)34-16-42(29)27(5,6)24(38-28)37-25(40)41-26(2,3)4/h9-10,13,15-16,34H,8,11-12,31H2,1-7H3,(H,35,36,39)(H,37,38,40)/t28-,29-,42?/m1/s1. The molecule has 2 aromatic rings. The number of amidine groups is 1. The second-order valence-corrected chi connectivity index (χ2v) is 14.6. The van der Waals surface area contributed by atoms with Crippen molar-refractivity contribution in [3.63, 3.8) is 0 Å². The van der Waals surface area contributed by atoms with Gasteiger partial charge in [-0.05, 0) is 91.6 Å². The molecule has 13 heteroatoms. The van der Waals surface area contributed by atoms with Crippen molar-refractivity contribution in [2.24, 2.45) is 10.7 Å². The van der Waals surface area contributed by atoms with Gasteiger partial charge >= 0.3 is 6.09 Å². The third-order valence-corrected chi connectivity index (χ3v) is 10.5. The van der Waals surface area contributed by atoms with Crippen molar-refractivity contribution in [3.05, 3.63) is 52.7 Å². The maximum absolute atomic E-state index is 15.8. The highest BCUT2D eigenvalue weighted by Crippen LogP contribution is 2.61. The van der Waals surface area contributed by atoms with Crippen LogP contribution in [0.15, 0.2) is 29.4 Å². The smallest absolute Gasteiger partial charge is 0.413 e. The van der Waals surface area contributed by atoms with Crippen molar-refractivity contribution in [1.82, 2.24) is 20.6 Å². The van der Waals surface area contributed by atoms with Crippen LogP contribution >= 0.6 is 10.5 Å². The molecule has 0 saturated heterocycles. The zero-order valence-corrected chi connectivity index (χ0v) is 25.7. The highest BCUT2D eigenvalue weighted by Gasteiger charge is 2.63.